The summed E-state index contributed by atoms with van der Waals surface area (Å²) in [5, 5.41) is 4.22. The largest absolute Gasteiger partial charge is 0.276 e. The second-order valence-electron chi connectivity index (χ2n) is 6.89. The molecule has 0 amide bonds. The molecule has 2 fully saturated rings. The van der Waals surface area contributed by atoms with Gasteiger partial charge in [0.05, 0.1) is 4.90 Å². The number of hydrogen-bond acceptors (Lipinski definition) is 3. The Balaban J connectivity index is 1.74. The SMILES string of the molecule is Cc1ccc(S(=O)(=O)NN=C2CC3CCC(C)(C2)C3)cc1. The summed E-state index contributed by atoms with van der Waals surface area (Å²) in [6.45, 7) is 4.22. The first-order valence-electron chi connectivity index (χ1n) is 7.50. The van der Waals surface area contributed by atoms with Crippen molar-refractivity contribution >= 4 is 15.7 Å². The Morgan fingerprint density at radius 3 is 2.67 bits per heavy atom. The predicted molar refractivity (Wildman–Crippen MR) is 83.6 cm³/mol. The number of sulfonamides is 1. The van der Waals surface area contributed by atoms with Gasteiger partial charge in [0.1, 0.15) is 0 Å². The Morgan fingerprint density at radius 1 is 1.29 bits per heavy atom. The van der Waals surface area contributed by atoms with Crippen LogP contribution in [0.3, 0.4) is 0 Å². The smallest absolute Gasteiger partial charge is 0.200 e. The van der Waals surface area contributed by atoms with Gasteiger partial charge in [0.2, 0.25) is 0 Å². The minimum Gasteiger partial charge on any atom is -0.200 e. The Labute approximate surface area is 126 Å². The molecular formula is C16H22N2O2S. The van der Waals surface area contributed by atoms with Gasteiger partial charge in [-0.15, -0.1) is 0 Å². The molecule has 2 saturated carbocycles. The fraction of sp³-hybridized carbons (Fsp3) is 0.562. The topological polar surface area (TPSA) is 58.5 Å². The Kier molecular flexibility index (Phi) is 3.56. The van der Waals surface area contributed by atoms with Gasteiger partial charge in [-0.1, -0.05) is 24.6 Å². The van der Waals surface area contributed by atoms with Crippen molar-refractivity contribution in [3.8, 4) is 0 Å². The Hall–Kier alpha value is -1.36. The van der Waals surface area contributed by atoms with E-state index < -0.39 is 10.0 Å². The van der Waals surface area contributed by atoms with Crippen molar-refractivity contribution in [2.24, 2.45) is 16.4 Å². The number of rotatable bonds is 3. The van der Waals surface area contributed by atoms with E-state index in [0.29, 0.717) is 11.3 Å². The lowest BCUT2D eigenvalue weighted by atomic mass is 9.76. The van der Waals surface area contributed by atoms with E-state index in [2.05, 4.69) is 16.9 Å². The third-order valence-electron chi connectivity index (χ3n) is 4.75. The van der Waals surface area contributed by atoms with Gasteiger partial charge in [0.25, 0.3) is 10.0 Å². The number of aryl methyl sites for hydroxylation is 1. The predicted octanol–water partition coefficient (Wildman–Crippen LogP) is 3.23. The maximum absolute atomic E-state index is 12.2. The first-order chi connectivity index (χ1) is 9.86. The molecule has 2 aliphatic rings. The molecule has 0 spiro atoms. The van der Waals surface area contributed by atoms with Crippen LogP contribution in [0.25, 0.3) is 0 Å². The van der Waals surface area contributed by atoms with Crippen molar-refractivity contribution in [3.05, 3.63) is 29.8 Å². The minimum absolute atomic E-state index is 0.266. The monoisotopic (exact) mass is 306 g/mol. The quantitative estimate of drug-likeness (QED) is 0.872. The van der Waals surface area contributed by atoms with Crippen LogP contribution in [0, 0.1) is 18.3 Å². The molecular weight excluding hydrogens is 284 g/mol. The molecule has 0 heterocycles. The van der Waals surface area contributed by atoms with Gasteiger partial charge in [-0.25, -0.2) is 4.83 Å². The van der Waals surface area contributed by atoms with Crippen LogP contribution in [0.5, 0.6) is 0 Å². The molecule has 1 aromatic carbocycles. The van der Waals surface area contributed by atoms with E-state index in [1.165, 1.54) is 19.3 Å². The van der Waals surface area contributed by atoms with Gasteiger partial charge in [0.15, 0.2) is 0 Å². The van der Waals surface area contributed by atoms with Crippen molar-refractivity contribution in [1.29, 1.82) is 0 Å². The van der Waals surface area contributed by atoms with Crippen molar-refractivity contribution < 1.29 is 8.42 Å². The zero-order chi connectivity index (χ0) is 15.1. The maximum atomic E-state index is 12.2. The third-order valence-corrected chi connectivity index (χ3v) is 5.97. The lowest BCUT2D eigenvalue weighted by Crippen LogP contribution is -2.27. The molecule has 1 N–H and O–H groups in total. The number of nitrogens with one attached hydrogen (secondary N) is 1. The highest BCUT2D eigenvalue weighted by molar-refractivity contribution is 7.89. The average Bonchev–Trinajstić information content (AvgIpc) is 2.70. The van der Waals surface area contributed by atoms with Gasteiger partial charge in [-0.3, -0.25) is 0 Å². The standard InChI is InChI=1S/C16H22N2O2S/c1-12-3-5-15(6-4-12)21(19,20)18-17-14-9-13-7-8-16(2,10-13)11-14/h3-6,13,18H,7-11H2,1-2H3. The van der Waals surface area contributed by atoms with Crippen LogP contribution >= 0.6 is 0 Å². The highest BCUT2D eigenvalue weighted by Crippen LogP contribution is 2.49. The number of fused-ring (bicyclic) bond motifs is 2. The molecule has 2 bridgehead atoms. The summed E-state index contributed by atoms with van der Waals surface area (Å²) in [6, 6.07) is 6.82. The molecule has 0 radical (unpaired) electrons. The van der Waals surface area contributed by atoms with Gasteiger partial charge in [-0.2, -0.15) is 13.5 Å². The van der Waals surface area contributed by atoms with Crippen LogP contribution in [-0.4, -0.2) is 14.1 Å². The summed E-state index contributed by atoms with van der Waals surface area (Å²) < 4.78 is 24.5. The number of hydrogen-bond donors (Lipinski definition) is 1. The maximum Gasteiger partial charge on any atom is 0.276 e. The fourth-order valence-electron chi connectivity index (χ4n) is 3.67. The van der Waals surface area contributed by atoms with Crippen molar-refractivity contribution in [3.63, 3.8) is 0 Å². The van der Waals surface area contributed by atoms with Crippen LogP contribution in [0.2, 0.25) is 0 Å². The number of benzene rings is 1. The highest BCUT2D eigenvalue weighted by atomic mass is 32.2. The molecule has 4 nitrogen and oxygen atoms in total. The molecule has 2 aliphatic carbocycles. The third kappa shape index (κ3) is 3.12. The molecule has 21 heavy (non-hydrogen) atoms. The second-order valence-corrected chi connectivity index (χ2v) is 8.55. The van der Waals surface area contributed by atoms with E-state index in [1.807, 2.05) is 6.92 Å². The van der Waals surface area contributed by atoms with E-state index in [-0.39, 0.29) is 4.90 Å². The summed E-state index contributed by atoms with van der Waals surface area (Å²) in [7, 11) is -3.55. The van der Waals surface area contributed by atoms with Gasteiger partial charge in [0, 0.05) is 5.71 Å². The van der Waals surface area contributed by atoms with Crippen LogP contribution in [0.4, 0.5) is 0 Å². The molecule has 0 aliphatic heterocycles. The first-order valence-corrected chi connectivity index (χ1v) is 8.99. The normalized spacial score (nSPS) is 30.6. The van der Waals surface area contributed by atoms with E-state index in [1.54, 1.807) is 24.3 Å². The fourth-order valence-corrected chi connectivity index (χ4v) is 4.52. The molecule has 3 rings (SSSR count). The number of hydrazone groups is 1. The summed E-state index contributed by atoms with van der Waals surface area (Å²) >= 11 is 0. The van der Waals surface area contributed by atoms with Crippen LogP contribution in [-0.2, 0) is 10.0 Å². The van der Waals surface area contributed by atoms with Gasteiger partial charge < -0.3 is 0 Å². The van der Waals surface area contributed by atoms with Gasteiger partial charge in [-0.05, 0) is 62.5 Å². The van der Waals surface area contributed by atoms with Crippen LogP contribution in [0.15, 0.2) is 34.3 Å². The van der Waals surface area contributed by atoms with E-state index in [4.69, 9.17) is 0 Å². The van der Waals surface area contributed by atoms with Crippen molar-refractivity contribution in [2.75, 3.05) is 0 Å². The summed E-state index contributed by atoms with van der Waals surface area (Å²) in [6.07, 6.45) is 5.60. The van der Waals surface area contributed by atoms with E-state index in [0.717, 1.165) is 24.1 Å². The van der Waals surface area contributed by atoms with Crippen molar-refractivity contribution in [2.45, 2.75) is 50.8 Å². The Bertz CT molecular complexity index is 664. The zero-order valence-electron chi connectivity index (χ0n) is 12.6. The van der Waals surface area contributed by atoms with Crippen molar-refractivity contribution in [1.82, 2.24) is 4.83 Å². The molecule has 2 unspecified atom stereocenters. The molecule has 5 heteroatoms. The average molecular weight is 306 g/mol. The first kappa shape index (κ1) is 14.6. The Morgan fingerprint density at radius 2 is 2.00 bits per heavy atom. The lowest BCUT2D eigenvalue weighted by Gasteiger charge is -2.29. The molecule has 0 saturated heterocycles. The van der Waals surface area contributed by atoms with E-state index in [9.17, 15) is 8.42 Å². The molecule has 0 aromatic heterocycles. The van der Waals surface area contributed by atoms with Gasteiger partial charge >= 0.3 is 0 Å². The second kappa shape index (κ2) is 5.13. The zero-order valence-corrected chi connectivity index (χ0v) is 13.4. The number of nitrogens with zero attached hydrogens (tertiary/aromatic N) is 1. The molecule has 114 valence electrons. The minimum atomic E-state index is -3.55. The summed E-state index contributed by atoms with van der Waals surface area (Å²) in [5.74, 6) is 0.686. The summed E-state index contributed by atoms with van der Waals surface area (Å²) in [4.78, 5) is 2.68. The van der Waals surface area contributed by atoms with Crippen LogP contribution in [0.1, 0.15) is 44.6 Å². The summed E-state index contributed by atoms with van der Waals surface area (Å²) in [5.41, 5.74) is 2.37. The highest BCUT2D eigenvalue weighted by Gasteiger charge is 2.40. The molecule has 1 aromatic rings. The lowest BCUT2D eigenvalue weighted by molar-refractivity contribution is 0.314. The van der Waals surface area contributed by atoms with E-state index >= 15 is 0 Å². The van der Waals surface area contributed by atoms with Crippen LogP contribution < -0.4 is 4.83 Å². The molecule has 2 atom stereocenters.